The van der Waals surface area contributed by atoms with Gasteiger partial charge in [0.05, 0.1) is 15.6 Å². The van der Waals surface area contributed by atoms with Crippen LogP contribution in [0.5, 0.6) is 0 Å². The number of hydrogen-bond acceptors (Lipinski definition) is 5. The van der Waals surface area contributed by atoms with Gasteiger partial charge in [0, 0.05) is 22.0 Å². The van der Waals surface area contributed by atoms with E-state index in [2.05, 4.69) is 14.8 Å². The van der Waals surface area contributed by atoms with Gasteiger partial charge in [0.25, 0.3) is 26.0 Å². The monoisotopic (exact) mass is 603 g/mol. The first-order valence-electron chi connectivity index (χ1n) is 11.4. The molecule has 8 nitrogen and oxygen atoms in total. The quantitative estimate of drug-likeness (QED) is 0.213. The summed E-state index contributed by atoms with van der Waals surface area (Å²) in [6, 6.07) is 20.8. The molecule has 0 aliphatic carbocycles. The molecule has 4 aromatic rings. The van der Waals surface area contributed by atoms with Crippen molar-refractivity contribution in [3.05, 3.63) is 112 Å². The molecule has 202 valence electrons. The second kappa shape index (κ2) is 11.3. The number of hydrogen-bond donors (Lipinski definition) is 3. The highest BCUT2D eigenvalue weighted by molar-refractivity contribution is 7.93. The average Bonchev–Trinajstić information content (AvgIpc) is 2.88. The van der Waals surface area contributed by atoms with Gasteiger partial charge in [-0.25, -0.2) is 16.8 Å². The molecule has 3 N–H and O–H groups in total. The Kier molecular flexibility index (Phi) is 8.22. The third kappa shape index (κ3) is 6.72. The minimum atomic E-state index is -4.11. The predicted octanol–water partition coefficient (Wildman–Crippen LogP) is 6.46. The second-order valence-electron chi connectivity index (χ2n) is 8.59. The Balaban J connectivity index is 1.51. The summed E-state index contributed by atoms with van der Waals surface area (Å²) in [5.74, 6) is -0.607. The van der Waals surface area contributed by atoms with Gasteiger partial charge in [-0.1, -0.05) is 35.3 Å². The maximum absolute atomic E-state index is 13.1. The first-order chi connectivity index (χ1) is 18.4. The van der Waals surface area contributed by atoms with Crippen LogP contribution in [0.4, 0.5) is 17.1 Å². The fourth-order valence-corrected chi connectivity index (χ4v) is 6.40. The molecule has 0 bridgehead atoms. The number of rotatable bonds is 8. The number of amides is 1. The Morgan fingerprint density at radius 3 is 2.03 bits per heavy atom. The molecule has 0 fully saturated rings. The summed E-state index contributed by atoms with van der Waals surface area (Å²) < 4.78 is 56.5. The van der Waals surface area contributed by atoms with E-state index in [4.69, 9.17) is 23.2 Å². The van der Waals surface area contributed by atoms with Crippen molar-refractivity contribution in [1.82, 2.24) is 0 Å². The first-order valence-corrected chi connectivity index (χ1v) is 15.2. The summed E-state index contributed by atoms with van der Waals surface area (Å²) >= 11 is 12.0. The van der Waals surface area contributed by atoms with Crippen molar-refractivity contribution < 1.29 is 21.6 Å². The SMILES string of the molecule is Cc1cccc(NS(=O)(=O)c2cc(C(=O)Nc3ccc(S(=O)(=O)Nc4ccc(Cl)cc4)cc3)ccc2Cl)c1C. The summed E-state index contributed by atoms with van der Waals surface area (Å²) in [4.78, 5) is 12.6. The number of carbonyl (C=O) groups is 1. The van der Waals surface area contributed by atoms with Gasteiger partial charge in [-0.15, -0.1) is 0 Å². The molecule has 12 heteroatoms. The van der Waals surface area contributed by atoms with Gasteiger partial charge < -0.3 is 5.32 Å². The van der Waals surface area contributed by atoms with Crippen LogP contribution >= 0.6 is 23.2 Å². The van der Waals surface area contributed by atoms with Crippen LogP contribution in [0.25, 0.3) is 0 Å². The molecule has 4 aromatic carbocycles. The second-order valence-corrected chi connectivity index (χ2v) is 12.8. The molecular formula is C27H23Cl2N3O5S2. The van der Waals surface area contributed by atoms with Crippen LogP contribution in [-0.4, -0.2) is 22.7 Å². The Bertz CT molecular complexity index is 1760. The molecule has 0 aliphatic rings. The van der Waals surface area contributed by atoms with Gasteiger partial charge >= 0.3 is 0 Å². The Labute approximate surface area is 237 Å². The summed E-state index contributed by atoms with van der Waals surface area (Å²) in [5.41, 5.74) is 2.77. The minimum absolute atomic E-state index is 0.0205. The number of sulfonamides is 2. The van der Waals surface area contributed by atoms with Crippen molar-refractivity contribution in [3.63, 3.8) is 0 Å². The molecule has 0 aliphatic heterocycles. The lowest BCUT2D eigenvalue weighted by Gasteiger charge is -2.14. The van der Waals surface area contributed by atoms with E-state index in [1.54, 1.807) is 31.2 Å². The van der Waals surface area contributed by atoms with Crippen LogP contribution in [0, 0.1) is 13.8 Å². The van der Waals surface area contributed by atoms with Crippen molar-refractivity contribution >= 4 is 66.2 Å². The lowest BCUT2D eigenvalue weighted by atomic mass is 10.1. The number of aryl methyl sites for hydroxylation is 1. The molecule has 1 amide bonds. The fourth-order valence-electron chi connectivity index (χ4n) is 3.56. The highest BCUT2D eigenvalue weighted by Crippen LogP contribution is 2.28. The molecule has 0 unspecified atom stereocenters. The van der Waals surface area contributed by atoms with E-state index in [0.717, 1.165) is 11.1 Å². The van der Waals surface area contributed by atoms with Crippen molar-refractivity contribution in [2.24, 2.45) is 0 Å². The lowest BCUT2D eigenvalue weighted by molar-refractivity contribution is 0.102. The molecule has 0 heterocycles. The Hall–Kier alpha value is -3.57. The number of halogens is 2. The van der Waals surface area contributed by atoms with Crippen molar-refractivity contribution in [2.45, 2.75) is 23.6 Å². The third-order valence-corrected chi connectivity index (χ3v) is 9.35. The summed E-state index contributed by atoms with van der Waals surface area (Å²) in [6.45, 7) is 3.66. The highest BCUT2D eigenvalue weighted by atomic mass is 35.5. The minimum Gasteiger partial charge on any atom is -0.322 e. The van der Waals surface area contributed by atoms with E-state index < -0.39 is 26.0 Å². The van der Waals surface area contributed by atoms with Gasteiger partial charge in [0.15, 0.2) is 0 Å². The Morgan fingerprint density at radius 2 is 1.36 bits per heavy atom. The van der Waals surface area contributed by atoms with E-state index in [9.17, 15) is 21.6 Å². The molecule has 4 rings (SSSR count). The average molecular weight is 605 g/mol. The Morgan fingerprint density at radius 1 is 0.718 bits per heavy atom. The predicted molar refractivity (Wildman–Crippen MR) is 155 cm³/mol. The van der Waals surface area contributed by atoms with Crippen molar-refractivity contribution in [3.8, 4) is 0 Å². The van der Waals surface area contributed by atoms with Crippen LogP contribution in [0.1, 0.15) is 21.5 Å². The molecule has 0 atom stereocenters. The fraction of sp³-hybridized carbons (Fsp3) is 0.0741. The normalized spacial score (nSPS) is 11.6. The van der Waals surface area contributed by atoms with Gasteiger partial charge in [-0.05, 0) is 97.8 Å². The number of benzene rings is 4. The standard InChI is InChI=1S/C27H23Cl2N3O5S2/c1-17-4-3-5-25(18(17)2)32-39(36,37)26-16-19(6-15-24(26)29)27(33)30-21-11-13-23(14-12-21)38(34,35)31-22-9-7-20(28)8-10-22/h3-16,31-32H,1-2H3,(H,30,33). The number of anilines is 3. The zero-order valence-corrected chi connectivity index (χ0v) is 23.8. The van der Waals surface area contributed by atoms with Gasteiger partial charge in [0.2, 0.25) is 0 Å². The van der Waals surface area contributed by atoms with Crippen molar-refractivity contribution in [1.29, 1.82) is 0 Å². The third-order valence-electron chi connectivity index (χ3n) is 5.85. The summed E-state index contributed by atoms with van der Waals surface area (Å²) in [7, 11) is -7.98. The molecular weight excluding hydrogens is 581 g/mol. The smallest absolute Gasteiger partial charge is 0.263 e. The van der Waals surface area contributed by atoms with Gasteiger partial charge in [-0.2, -0.15) is 0 Å². The van der Waals surface area contributed by atoms with Gasteiger partial charge in [0.1, 0.15) is 4.90 Å². The van der Waals surface area contributed by atoms with Crippen LogP contribution in [0.2, 0.25) is 10.0 Å². The zero-order chi connectivity index (χ0) is 28.4. The van der Waals surface area contributed by atoms with Crippen LogP contribution in [0.15, 0.2) is 94.7 Å². The summed E-state index contributed by atoms with van der Waals surface area (Å²) in [6.07, 6.45) is 0. The van der Waals surface area contributed by atoms with Crippen molar-refractivity contribution in [2.75, 3.05) is 14.8 Å². The maximum Gasteiger partial charge on any atom is 0.263 e. The molecule has 0 saturated heterocycles. The van der Waals surface area contributed by atoms with Crippen LogP contribution in [0.3, 0.4) is 0 Å². The largest absolute Gasteiger partial charge is 0.322 e. The van der Waals surface area contributed by atoms with Crippen LogP contribution < -0.4 is 14.8 Å². The van der Waals surface area contributed by atoms with E-state index in [-0.39, 0.29) is 20.4 Å². The number of carbonyl (C=O) groups excluding carboxylic acids is 1. The summed E-state index contributed by atoms with van der Waals surface area (Å²) in [5, 5.41) is 3.05. The number of nitrogens with one attached hydrogen (secondary N) is 3. The van der Waals surface area contributed by atoms with E-state index in [0.29, 0.717) is 22.1 Å². The molecule has 0 radical (unpaired) electrons. The van der Waals surface area contributed by atoms with Gasteiger partial charge in [-0.3, -0.25) is 14.2 Å². The molecule has 0 spiro atoms. The highest BCUT2D eigenvalue weighted by Gasteiger charge is 2.22. The first kappa shape index (κ1) is 28.4. The molecule has 39 heavy (non-hydrogen) atoms. The molecule has 0 saturated carbocycles. The molecule has 0 aromatic heterocycles. The maximum atomic E-state index is 13.1. The van der Waals surface area contributed by atoms with E-state index in [1.807, 2.05) is 13.0 Å². The van der Waals surface area contributed by atoms with E-state index >= 15 is 0 Å². The lowest BCUT2D eigenvalue weighted by Crippen LogP contribution is -2.17. The van der Waals surface area contributed by atoms with Crippen LogP contribution in [-0.2, 0) is 20.0 Å². The topological polar surface area (TPSA) is 121 Å². The van der Waals surface area contributed by atoms with E-state index in [1.165, 1.54) is 54.6 Å². The zero-order valence-electron chi connectivity index (χ0n) is 20.7.